The van der Waals surface area contributed by atoms with Gasteiger partial charge in [-0.05, 0) is 32.1 Å². The molecule has 4 nitrogen and oxygen atoms in total. The van der Waals surface area contributed by atoms with Gasteiger partial charge in [-0.1, -0.05) is 27.7 Å². The van der Waals surface area contributed by atoms with Gasteiger partial charge in [-0.3, -0.25) is 4.98 Å². The van der Waals surface area contributed by atoms with E-state index in [4.69, 9.17) is 0 Å². The first-order valence-corrected chi connectivity index (χ1v) is 7.06. The third-order valence-corrected chi connectivity index (χ3v) is 2.63. The Hall–Kier alpha value is -1.32. The van der Waals surface area contributed by atoms with Crippen LogP contribution in [0.1, 0.15) is 54.4 Å². The molecule has 0 unspecified atom stereocenters. The van der Waals surface area contributed by atoms with Crippen LogP contribution in [0.5, 0.6) is 0 Å². The molecule has 1 heterocycles. The van der Waals surface area contributed by atoms with Gasteiger partial charge >= 0.3 is 0 Å². The summed E-state index contributed by atoms with van der Waals surface area (Å²) >= 11 is 0. The van der Waals surface area contributed by atoms with Crippen LogP contribution >= 0.6 is 0 Å². The van der Waals surface area contributed by atoms with E-state index in [2.05, 4.69) is 62.1 Å². The third-order valence-electron chi connectivity index (χ3n) is 2.63. The van der Waals surface area contributed by atoms with Crippen molar-refractivity contribution in [1.29, 1.82) is 0 Å². The standard InChI is InChI=1S/C15H28N4/c1-7-8-17-12-9-16-10-13(18-12)19-15(5,6)11-14(2,3)4/h9-10H,7-8,11H2,1-6H3,(H2,17,18,19). The van der Waals surface area contributed by atoms with Crippen molar-refractivity contribution in [2.75, 3.05) is 17.2 Å². The molecule has 0 bridgehead atoms. The van der Waals surface area contributed by atoms with E-state index in [0.717, 1.165) is 31.0 Å². The van der Waals surface area contributed by atoms with Gasteiger partial charge in [0.25, 0.3) is 0 Å². The van der Waals surface area contributed by atoms with Crippen molar-refractivity contribution in [3.05, 3.63) is 12.4 Å². The highest BCUT2D eigenvalue weighted by Gasteiger charge is 2.25. The lowest BCUT2D eigenvalue weighted by Crippen LogP contribution is -2.35. The fourth-order valence-corrected chi connectivity index (χ4v) is 2.48. The van der Waals surface area contributed by atoms with E-state index in [0.29, 0.717) is 0 Å². The quantitative estimate of drug-likeness (QED) is 0.817. The van der Waals surface area contributed by atoms with Crippen molar-refractivity contribution in [1.82, 2.24) is 9.97 Å². The van der Waals surface area contributed by atoms with Crippen LogP contribution in [0.4, 0.5) is 11.6 Å². The van der Waals surface area contributed by atoms with Crippen LogP contribution < -0.4 is 10.6 Å². The summed E-state index contributed by atoms with van der Waals surface area (Å²) in [6.45, 7) is 14.2. The predicted octanol–water partition coefficient (Wildman–Crippen LogP) is 3.93. The number of aromatic nitrogens is 2. The van der Waals surface area contributed by atoms with Gasteiger partial charge in [-0.2, -0.15) is 0 Å². The zero-order valence-electron chi connectivity index (χ0n) is 13.2. The zero-order chi connectivity index (χ0) is 14.5. The SMILES string of the molecule is CCCNc1cncc(NC(C)(C)CC(C)(C)C)n1. The molecule has 0 saturated carbocycles. The maximum atomic E-state index is 4.54. The maximum absolute atomic E-state index is 4.54. The second-order valence-electron chi connectivity index (χ2n) is 6.96. The van der Waals surface area contributed by atoms with Crippen molar-refractivity contribution >= 4 is 11.6 Å². The average molecular weight is 264 g/mol. The summed E-state index contributed by atoms with van der Waals surface area (Å²) in [6.07, 6.45) is 5.68. The van der Waals surface area contributed by atoms with E-state index in [-0.39, 0.29) is 11.0 Å². The molecule has 1 aromatic rings. The topological polar surface area (TPSA) is 49.8 Å². The van der Waals surface area contributed by atoms with Gasteiger partial charge < -0.3 is 10.6 Å². The van der Waals surface area contributed by atoms with Crippen LogP contribution in [-0.4, -0.2) is 22.1 Å². The molecular formula is C15H28N4. The minimum Gasteiger partial charge on any atom is -0.369 e. The number of hydrogen-bond donors (Lipinski definition) is 2. The van der Waals surface area contributed by atoms with Crippen molar-refractivity contribution in [3.8, 4) is 0 Å². The summed E-state index contributed by atoms with van der Waals surface area (Å²) in [4.78, 5) is 8.77. The van der Waals surface area contributed by atoms with E-state index in [9.17, 15) is 0 Å². The molecule has 0 atom stereocenters. The summed E-state index contributed by atoms with van der Waals surface area (Å²) < 4.78 is 0. The Labute approximate surface area is 117 Å². The minimum atomic E-state index is -0.00366. The molecule has 0 aliphatic carbocycles. The molecule has 0 spiro atoms. The largest absolute Gasteiger partial charge is 0.369 e. The van der Waals surface area contributed by atoms with E-state index in [1.54, 1.807) is 12.4 Å². The summed E-state index contributed by atoms with van der Waals surface area (Å²) in [7, 11) is 0. The molecule has 1 rings (SSSR count). The molecule has 108 valence electrons. The Balaban J connectivity index is 2.70. The molecule has 2 N–H and O–H groups in total. The fourth-order valence-electron chi connectivity index (χ4n) is 2.48. The first-order chi connectivity index (χ1) is 8.72. The lowest BCUT2D eigenvalue weighted by atomic mass is 9.82. The van der Waals surface area contributed by atoms with Gasteiger partial charge in [-0.25, -0.2) is 4.98 Å². The van der Waals surface area contributed by atoms with E-state index < -0.39 is 0 Å². The summed E-state index contributed by atoms with van der Waals surface area (Å²) in [5.41, 5.74) is 0.276. The number of hydrogen-bond acceptors (Lipinski definition) is 4. The maximum Gasteiger partial charge on any atom is 0.147 e. The molecule has 0 aromatic carbocycles. The molecule has 1 aromatic heterocycles. The molecule has 0 amide bonds. The number of rotatable bonds is 6. The number of anilines is 2. The molecule has 0 fully saturated rings. The van der Waals surface area contributed by atoms with Gasteiger partial charge in [0.2, 0.25) is 0 Å². The van der Waals surface area contributed by atoms with Gasteiger partial charge in [0.1, 0.15) is 11.6 Å². The first kappa shape index (κ1) is 15.7. The smallest absolute Gasteiger partial charge is 0.147 e. The van der Waals surface area contributed by atoms with Crippen LogP contribution in [0.3, 0.4) is 0 Å². The highest BCUT2D eigenvalue weighted by atomic mass is 15.1. The van der Waals surface area contributed by atoms with Crippen LogP contribution in [-0.2, 0) is 0 Å². The second kappa shape index (κ2) is 6.22. The van der Waals surface area contributed by atoms with Crippen molar-refractivity contribution in [2.24, 2.45) is 5.41 Å². The van der Waals surface area contributed by atoms with Gasteiger partial charge in [0.15, 0.2) is 0 Å². The molecule has 0 saturated heterocycles. The van der Waals surface area contributed by atoms with E-state index in [1.165, 1.54) is 0 Å². The van der Waals surface area contributed by atoms with E-state index in [1.807, 2.05) is 0 Å². The summed E-state index contributed by atoms with van der Waals surface area (Å²) in [6, 6.07) is 0. The molecule has 19 heavy (non-hydrogen) atoms. The monoisotopic (exact) mass is 264 g/mol. The molecular weight excluding hydrogens is 236 g/mol. The predicted molar refractivity (Wildman–Crippen MR) is 82.6 cm³/mol. The van der Waals surface area contributed by atoms with Gasteiger partial charge in [-0.15, -0.1) is 0 Å². The van der Waals surface area contributed by atoms with E-state index >= 15 is 0 Å². The minimum absolute atomic E-state index is 0.00366. The lowest BCUT2D eigenvalue weighted by molar-refractivity contribution is 0.302. The Bertz CT molecular complexity index is 393. The van der Waals surface area contributed by atoms with Crippen LogP contribution in [0.15, 0.2) is 12.4 Å². The zero-order valence-corrected chi connectivity index (χ0v) is 13.2. The van der Waals surface area contributed by atoms with Gasteiger partial charge in [0.05, 0.1) is 12.4 Å². The molecule has 0 aliphatic rings. The molecule has 0 aliphatic heterocycles. The Kier molecular flexibility index (Phi) is 5.15. The van der Waals surface area contributed by atoms with Crippen molar-refractivity contribution in [3.63, 3.8) is 0 Å². The van der Waals surface area contributed by atoms with Crippen LogP contribution in [0.2, 0.25) is 0 Å². The number of nitrogens with one attached hydrogen (secondary N) is 2. The summed E-state index contributed by atoms with van der Waals surface area (Å²) in [5.74, 6) is 1.66. The van der Waals surface area contributed by atoms with Crippen molar-refractivity contribution in [2.45, 2.75) is 59.9 Å². The Morgan fingerprint density at radius 2 is 1.68 bits per heavy atom. The van der Waals surface area contributed by atoms with Crippen LogP contribution in [0.25, 0.3) is 0 Å². The lowest BCUT2D eigenvalue weighted by Gasteiger charge is -2.33. The average Bonchev–Trinajstić information content (AvgIpc) is 2.22. The van der Waals surface area contributed by atoms with Crippen LogP contribution in [0, 0.1) is 5.41 Å². The van der Waals surface area contributed by atoms with Crippen molar-refractivity contribution < 1.29 is 0 Å². The molecule has 4 heteroatoms. The number of nitrogens with zero attached hydrogens (tertiary/aromatic N) is 2. The third kappa shape index (κ3) is 6.41. The first-order valence-electron chi connectivity index (χ1n) is 7.06. The second-order valence-corrected chi connectivity index (χ2v) is 6.96. The highest BCUT2D eigenvalue weighted by Crippen LogP contribution is 2.29. The summed E-state index contributed by atoms with van der Waals surface area (Å²) in [5, 5.41) is 6.73. The Morgan fingerprint density at radius 3 is 2.26 bits per heavy atom. The molecule has 0 radical (unpaired) electrons. The Morgan fingerprint density at radius 1 is 1.05 bits per heavy atom. The normalized spacial score (nSPS) is 12.3. The fraction of sp³-hybridized carbons (Fsp3) is 0.733. The highest BCUT2D eigenvalue weighted by molar-refractivity contribution is 5.43. The van der Waals surface area contributed by atoms with Gasteiger partial charge in [0, 0.05) is 12.1 Å².